The lowest BCUT2D eigenvalue weighted by Gasteiger charge is -2.16. The Morgan fingerprint density at radius 3 is 2.75 bits per heavy atom. The van der Waals surface area contributed by atoms with Gasteiger partial charge in [0.2, 0.25) is 0 Å². The number of hydrogen-bond acceptors (Lipinski definition) is 5. The van der Waals surface area contributed by atoms with Gasteiger partial charge in [0.15, 0.2) is 17.2 Å². The lowest BCUT2D eigenvalue weighted by atomic mass is 10.1. The minimum Gasteiger partial charge on any atom is -0.493 e. The Kier molecular flexibility index (Phi) is 4.33. The molecule has 2 heterocycles. The van der Waals surface area contributed by atoms with E-state index in [1.807, 2.05) is 25.1 Å². The van der Waals surface area contributed by atoms with Crippen molar-refractivity contribution in [3.05, 3.63) is 47.9 Å². The predicted octanol–water partition coefficient (Wildman–Crippen LogP) is 2.47. The number of fused-ring (bicyclic) bond motifs is 1. The molecular weight excluding hydrogens is 308 g/mol. The maximum atomic E-state index is 12.5. The Hall–Kier alpha value is -3.09. The zero-order chi connectivity index (χ0) is 17.1. The maximum absolute atomic E-state index is 12.5. The molecule has 3 rings (SSSR count). The third-order valence-electron chi connectivity index (χ3n) is 3.83. The van der Waals surface area contributed by atoms with Crippen LogP contribution in [0, 0.1) is 0 Å². The molecule has 0 saturated carbocycles. The smallest absolute Gasteiger partial charge is 0.272 e. The number of carbonyl (C=O) groups excluding carboxylic acids is 1. The van der Waals surface area contributed by atoms with E-state index in [4.69, 9.17) is 9.47 Å². The summed E-state index contributed by atoms with van der Waals surface area (Å²) in [5.41, 5.74) is 2.00. The number of hydrogen-bond donors (Lipinski definition) is 2. The third-order valence-corrected chi connectivity index (χ3v) is 3.83. The molecule has 0 spiro atoms. The van der Waals surface area contributed by atoms with Crippen LogP contribution in [0.2, 0.25) is 0 Å². The van der Waals surface area contributed by atoms with E-state index < -0.39 is 0 Å². The molecule has 0 bridgehead atoms. The Morgan fingerprint density at radius 1 is 1.21 bits per heavy atom. The van der Waals surface area contributed by atoms with E-state index in [1.165, 1.54) is 0 Å². The maximum Gasteiger partial charge on any atom is 0.272 e. The molecule has 0 fully saturated rings. The van der Waals surface area contributed by atoms with Gasteiger partial charge < -0.3 is 14.8 Å². The average molecular weight is 326 g/mol. The van der Waals surface area contributed by atoms with Crippen LogP contribution in [0.25, 0.3) is 10.9 Å². The van der Waals surface area contributed by atoms with Crippen LogP contribution in [-0.4, -0.2) is 35.3 Å². The fraction of sp³-hybridized carbons (Fsp3) is 0.235. The van der Waals surface area contributed by atoms with Crippen molar-refractivity contribution in [2.45, 2.75) is 13.0 Å². The number of amides is 1. The number of methoxy groups -OCH3 is 2. The molecule has 3 aromatic rings. The molecule has 2 aromatic heterocycles. The molecule has 0 radical (unpaired) electrons. The Labute approximate surface area is 139 Å². The first-order valence-electron chi connectivity index (χ1n) is 7.45. The summed E-state index contributed by atoms with van der Waals surface area (Å²) in [6, 6.07) is 7.09. The lowest BCUT2D eigenvalue weighted by molar-refractivity contribution is 0.0936. The fourth-order valence-corrected chi connectivity index (χ4v) is 2.50. The molecule has 0 aliphatic carbocycles. The fourth-order valence-electron chi connectivity index (χ4n) is 2.50. The van der Waals surface area contributed by atoms with E-state index in [0.29, 0.717) is 22.6 Å². The van der Waals surface area contributed by atoms with Gasteiger partial charge in [-0.1, -0.05) is 6.07 Å². The summed E-state index contributed by atoms with van der Waals surface area (Å²) in [4.78, 5) is 16.5. The van der Waals surface area contributed by atoms with Gasteiger partial charge in [0, 0.05) is 12.4 Å². The van der Waals surface area contributed by atoms with Crippen LogP contribution in [0.1, 0.15) is 29.0 Å². The summed E-state index contributed by atoms with van der Waals surface area (Å²) in [7, 11) is 3.16. The monoisotopic (exact) mass is 326 g/mol. The number of ether oxygens (including phenoxy) is 2. The molecule has 1 atom stereocenters. The highest BCUT2D eigenvalue weighted by atomic mass is 16.5. The van der Waals surface area contributed by atoms with Crippen molar-refractivity contribution in [2.75, 3.05) is 14.2 Å². The molecular formula is C17H18N4O3. The molecule has 0 saturated heterocycles. The van der Waals surface area contributed by atoms with Crippen LogP contribution in [0.5, 0.6) is 11.5 Å². The van der Waals surface area contributed by atoms with Crippen molar-refractivity contribution < 1.29 is 14.3 Å². The summed E-state index contributed by atoms with van der Waals surface area (Å²) in [6.45, 7) is 1.90. The van der Waals surface area contributed by atoms with Gasteiger partial charge in [-0.3, -0.25) is 14.9 Å². The van der Waals surface area contributed by atoms with Crippen molar-refractivity contribution in [2.24, 2.45) is 0 Å². The van der Waals surface area contributed by atoms with Crippen LogP contribution in [0.15, 0.2) is 36.7 Å². The lowest BCUT2D eigenvalue weighted by Crippen LogP contribution is -2.27. The van der Waals surface area contributed by atoms with Gasteiger partial charge in [-0.05, 0) is 30.7 Å². The number of benzene rings is 1. The summed E-state index contributed by atoms with van der Waals surface area (Å²) in [5.74, 6) is 0.992. The molecule has 1 aromatic carbocycles. The normalized spacial score (nSPS) is 12.0. The van der Waals surface area contributed by atoms with E-state index in [1.54, 1.807) is 32.7 Å². The summed E-state index contributed by atoms with van der Waals surface area (Å²) in [5, 5.41) is 10.5. The van der Waals surface area contributed by atoms with E-state index in [-0.39, 0.29) is 11.9 Å². The minimum absolute atomic E-state index is 0.222. The highest BCUT2D eigenvalue weighted by Crippen LogP contribution is 2.30. The zero-order valence-corrected chi connectivity index (χ0v) is 13.7. The second kappa shape index (κ2) is 6.57. The predicted molar refractivity (Wildman–Crippen MR) is 89.3 cm³/mol. The zero-order valence-electron chi connectivity index (χ0n) is 13.7. The molecule has 0 aliphatic rings. The highest BCUT2D eigenvalue weighted by Gasteiger charge is 2.18. The van der Waals surface area contributed by atoms with Crippen molar-refractivity contribution in [3.8, 4) is 11.5 Å². The first-order valence-corrected chi connectivity index (χ1v) is 7.45. The summed E-state index contributed by atoms with van der Waals surface area (Å²) >= 11 is 0. The number of rotatable bonds is 5. The molecule has 1 amide bonds. The highest BCUT2D eigenvalue weighted by molar-refractivity contribution is 6.04. The van der Waals surface area contributed by atoms with Crippen LogP contribution < -0.4 is 14.8 Å². The third kappa shape index (κ3) is 2.88. The molecule has 24 heavy (non-hydrogen) atoms. The Morgan fingerprint density at radius 2 is 2.00 bits per heavy atom. The van der Waals surface area contributed by atoms with Gasteiger partial charge >= 0.3 is 0 Å². The molecule has 124 valence electrons. The number of carbonyl (C=O) groups is 1. The summed E-state index contributed by atoms with van der Waals surface area (Å²) in [6.07, 6.45) is 3.27. The molecule has 7 nitrogen and oxygen atoms in total. The van der Waals surface area contributed by atoms with Crippen LogP contribution in [0.3, 0.4) is 0 Å². The van der Waals surface area contributed by atoms with Crippen LogP contribution >= 0.6 is 0 Å². The summed E-state index contributed by atoms with van der Waals surface area (Å²) < 4.78 is 10.5. The molecule has 1 unspecified atom stereocenters. The first kappa shape index (κ1) is 15.8. The SMILES string of the molecule is COc1ccc(C(C)NC(=O)c2n[nH]c3ccncc23)cc1OC. The standard InChI is InChI=1S/C17H18N4O3/c1-10(11-4-5-14(23-2)15(8-11)24-3)19-17(22)16-12-9-18-7-6-13(12)20-21-16/h4-10H,1-3H3,(H,19,22)(H,20,21). The topological polar surface area (TPSA) is 89.1 Å². The van der Waals surface area contributed by atoms with Crippen LogP contribution in [-0.2, 0) is 0 Å². The largest absolute Gasteiger partial charge is 0.493 e. The number of nitrogens with one attached hydrogen (secondary N) is 2. The number of H-pyrrole nitrogens is 1. The van der Waals surface area contributed by atoms with Gasteiger partial charge in [0.05, 0.1) is 31.2 Å². The van der Waals surface area contributed by atoms with Gasteiger partial charge in [-0.15, -0.1) is 0 Å². The van der Waals surface area contributed by atoms with Crippen molar-refractivity contribution in [1.82, 2.24) is 20.5 Å². The van der Waals surface area contributed by atoms with Gasteiger partial charge in [0.1, 0.15) is 0 Å². The second-order valence-corrected chi connectivity index (χ2v) is 5.30. The van der Waals surface area contributed by atoms with Gasteiger partial charge in [0.25, 0.3) is 5.91 Å². The van der Waals surface area contributed by atoms with E-state index in [0.717, 1.165) is 11.1 Å². The second-order valence-electron chi connectivity index (χ2n) is 5.30. The number of pyridine rings is 1. The van der Waals surface area contributed by atoms with E-state index >= 15 is 0 Å². The van der Waals surface area contributed by atoms with E-state index in [9.17, 15) is 4.79 Å². The molecule has 2 N–H and O–H groups in total. The number of aromatic nitrogens is 3. The molecule has 0 aliphatic heterocycles. The molecule has 7 heteroatoms. The minimum atomic E-state index is -0.267. The van der Waals surface area contributed by atoms with E-state index in [2.05, 4.69) is 20.5 Å². The number of nitrogens with zero attached hydrogens (tertiary/aromatic N) is 2. The van der Waals surface area contributed by atoms with Crippen molar-refractivity contribution in [1.29, 1.82) is 0 Å². The van der Waals surface area contributed by atoms with Crippen molar-refractivity contribution >= 4 is 16.8 Å². The van der Waals surface area contributed by atoms with Crippen LogP contribution in [0.4, 0.5) is 0 Å². The first-order chi connectivity index (χ1) is 11.6. The number of aromatic amines is 1. The quantitative estimate of drug-likeness (QED) is 0.752. The van der Waals surface area contributed by atoms with Gasteiger partial charge in [-0.2, -0.15) is 5.10 Å². The van der Waals surface area contributed by atoms with Crippen molar-refractivity contribution in [3.63, 3.8) is 0 Å². The average Bonchev–Trinajstić information content (AvgIpc) is 3.05. The Bertz CT molecular complexity index is 875. The van der Waals surface area contributed by atoms with Gasteiger partial charge in [-0.25, -0.2) is 0 Å². The Balaban J connectivity index is 1.81.